The van der Waals surface area contributed by atoms with Gasteiger partial charge >= 0.3 is 0 Å². The highest BCUT2D eigenvalue weighted by atomic mass is 32.1. The molecule has 132 valence electrons. The minimum atomic E-state index is 0.0330. The van der Waals surface area contributed by atoms with Gasteiger partial charge in [0.1, 0.15) is 22.5 Å². The van der Waals surface area contributed by atoms with Crippen LogP contribution in [0.3, 0.4) is 0 Å². The van der Waals surface area contributed by atoms with Gasteiger partial charge in [-0.05, 0) is 45.2 Å². The molecule has 0 spiro atoms. The number of nitrogens with zero attached hydrogens (tertiary/aromatic N) is 6. The van der Waals surface area contributed by atoms with Crippen molar-refractivity contribution in [1.29, 1.82) is 0 Å². The van der Waals surface area contributed by atoms with Gasteiger partial charge in [-0.15, -0.1) is 16.4 Å². The van der Waals surface area contributed by atoms with Crippen molar-refractivity contribution in [2.24, 2.45) is 5.16 Å². The summed E-state index contributed by atoms with van der Waals surface area (Å²) in [7, 11) is 0. The third-order valence-electron chi connectivity index (χ3n) is 3.87. The molecule has 0 aromatic carbocycles. The van der Waals surface area contributed by atoms with Crippen molar-refractivity contribution in [3.05, 3.63) is 42.1 Å². The van der Waals surface area contributed by atoms with Gasteiger partial charge in [-0.25, -0.2) is 9.97 Å². The Morgan fingerprint density at radius 1 is 1.19 bits per heavy atom. The van der Waals surface area contributed by atoms with Crippen molar-refractivity contribution < 1.29 is 4.84 Å². The summed E-state index contributed by atoms with van der Waals surface area (Å²) in [4.78, 5) is 19.6. The Morgan fingerprint density at radius 2 is 2.12 bits per heavy atom. The smallest absolute Gasteiger partial charge is 0.194 e. The number of rotatable bonds is 4. The van der Waals surface area contributed by atoms with Crippen LogP contribution in [0.25, 0.3) is 21.3 Å². The molecule has 26 heavy (non-hydrogen) atoms. The molecular weight excluding hydrogens is 348 g/mol. The van der Waals surface area contributed by atoms with Gasteiger partial charge in [-0.3, -0.25) is 4.98 Å². The molecule has 3 heterocycles. The van der Waals surface area contributed by atoms with Crippen LogP contribution in [0.2, 0.25) is 0 Å². The molecule has 1 aliphatic carbocycles. The lowest BCUT2D eigenvalue weighted by molar-refractivity contribution is 0.0854. The summed E-state index contributed by atoms with van der Waals surface area (Å²) in [6, 6.07) is 3.88. The van der Waals surface area contributed by atoms with Crippen LogP contribution in [0, 0.1) is 0 Å². The average Bonchev–Trinajstić information content (AvgIpc) is 3.17. The summed E-state index contributed by atoms with van der Waals surface area (Å²) >= 11 is 1.52. The molecule has 0 bridgehead atoms. The fourth-order valence-corrected chi connectivity index (χ4v) is 3.49. The standard InChI is InChI=1S/C18H18N6OS/c1-11(2)25-24-14-7-3-6-13-16(14)21-17(23-22-13)15-10-20-18(26-15)12-5-4-8-19-9-12/h4-5,8-11H,3,6-7H2,1-2H3/b24-14+. The van der Waals surface area contributed by atoms with E-state index >= 15 is 0 Å². The molecule has 8 heteroatoms. The van der Waals surface area contributed by atoms with Gasteiger partial charge in [0.2, 0.25) is 0 Å². The fraction of sp³-hybridized carbons (Fsp3) is 0.333. The highest BCUT2D eigenvalue weighted by Gasteiger charge is 2.22. The summed E-state index contributed by atoms with van der Waals surface area (Å²) in [5.74, 6) is 0.565. The summed E-state index contributed by atoms with van der Waals surface area (Å²) in [6.45, 7) is 3.91. The van der Waals surface area contributed by atoms with E-state index in [-0.39, 0.29) is 6.10 Å². The summed E-state index contributed by atoms with van der Waals surface area (Å²) in [6.07, 6.45) is 8.03. The first-order valence-electron chi connectivity index (χ1n) is 8.54. The molecule has 7 nitrogen and oxygen atoms in total. The third-order valence-corrected chi connectivity index (χ3v) is 4.91. The predicted molar refractivity (Wildman–Crippen MR) is 99.9 cm³/mol. The monoisotopic (exact) mass is 366 g/mol. The van der Waals surface area contributed by atoms with Crippen molar-refractivity contribution in [2.45, 2.75) is 39.2 Å². The molecule has 0 aliphatic heterocycles. The van der Waals surface area contributed by atoms with E-state index in [9.17, 15) is 0 Å². The maximum absolute atomic E-state index is 5.43. The number of oxime groups is 1. The Morgan fingerprint density at radius 3 is 2.92 bits per heavy atom. The zero-order chi connectivity index (χ0) is 17.9. The number of hydrogen-bond donors (Lipinski definition) is 0. The van der Waals surface area contributed by atoms with E-state index in [2.05, 4.69) is 25.3 Å². The normalized spacial score (nSPS) is 15.3. The largest absolute Gasteiger partial charge is 0.393 e. The summed E-state index contributed by atoms with van der Waals surface area (Å²) < 4.78 is 0. The van der Waals surface area contributed by atoms with Crippen molar-refractivity contribution in [3.63, 3.8) is 0 Å². The quantitative estimate of drug-likeness (QED) is 0.657. The Kier molecular flexibility index (Phi) is 4.66. The first-order valence-corrected chi connectivity index (χ1v) is 9.35. The molecule has 0 atom stereocenters. The van der Waals surface area contributed by atoms with Crippen LogP contribution in [0.4, 0.5) is 0 Å². The van der Waals surface area contributed by atoms with Crippen LogP contribution < -0.4 is 0 Å². The zero-order valence-electron chi connectivity index (χ0n) is 14.6. The van der Waals surface area contributed by atoms with Gasteiger partial charge in [0.25, 0.3) is 0 Å². The van der Waals surface area contributed by atoms with E-state index in [1.165, 1.54) is 11.3 Å². The minimum Gasteiger partial charge on any atom is -0.393 e. The Hall–Kier alpha value is -2.74. The second-order valence-electron chi connectivity index (χ2n) is 6.25. The lowest BCUT2D eigenvalue weighted by Gasteiger charge is -2.15. The fourth-order valence-electron chi connectivity index (χ4n) is 2.65. The molecule has 0 unspecified atom stereocenters. The third kappa shape index (κ3) is 3.45. The lowest BCUT2D eigenvalue weighted by Crippen LogP contribution is -2.18. The SMILES string of the molecule is CC(C)O/N=C1\CCCc2nnc(-c3cnc(-c4cccnc4)s3)nc21. The number of pyridine rings is 1. The number of fused-ring (bicyclic) bond motifs is 1. The van der Waals surface area contributed by atoms with E-state index in [0.717, 1.165) is 51.8 Å². The molecule has 0 amide bonds. The van der Waals surface area contributed by atoms with Gasteiger partial charge in [0.05, 0.1) is 10.6 Å². The van der Waals surface area contributed by atoms with Crippen LogP contribution in [0.15, 0.2) is 35.9 Å². The van der Waals surface area contributed by atoms with Gasteiger partial charge in [-0.1, -0.05) is 5.16 Å². The molecule has 0 saturated heterocycles. The second kappa shape index (κ2) is 7.25. The van der Waals surface area contributed by atoms with Crippen LogP contribution in [-0.4, -0.2) is 37.0 Å². The molecule has 4 rings (SSSR count). The maximum Gasteiger partial charge on any atom is 0.194 e. The lowest BCUT2D eigenvalue weighted by atomic mass is 9.99. The van der Waals surface area contributed by atoms with Crippen LogP contribution in [0.5, 0.6) is 0 Å². The molecule has 1 aliphatic rings. The first kappa shape index (κ1) is 16.7. The van der Waals surface area contributed by atoms with E-state index in [1.54, 1.807) is 18.6 Å². The number of aromatic nitrogens is 5. The van der Waals surface area contributed by atoms with Gasteiger partial charge in [0.15, 0.2) is 5.82 Å². The second-order valence-corrected chi connectivity index (χ2v) is 7.28. The average molecular weight is 366 g/mol. The zero-order valence-corrected chi connectivity index (χ0v) is 15.4. The predicted octanol–water partition coefficient (Wildman–Crippen LogP) is 3.52. The van der Waals surface area contributed by atoms with E-state index in [1.807, 2.05) is 26.0 Å². The highest BCUT2D eigenvalue weighted by Crippen LogP contribution is 2.30. The van der Waals surface area contributed by atoms with Crippen molar-refractivity contribution in [2.75, 3.05) is 0 Å². The van der Waals surface area contributed by atoms with Crippen LogP contribution in [0.1, 0.15) is 38.1 Å². The van der Waals surface area contributed by atoms with E-state index in [0.29, 0.717) is 5.82 Å². The highest BCUT2D eigenvalue weighted by molar-refractivity contribution is 7.18. The van der Waals surface area contributed by atoms with E-state index < -0.39 is 0 Å². The Bertz CT molecular complexity index is 938. The van der Waals surface area contributed by atoms with Gasteiger partial charge < -0.3 is 4.84 Å². The summed E-state index contributed by atoms with van der Waals surface area (Å²) in [5.41, 5.74) is 3.48. The topological polar surface area (TPSA) is 86.0 Å². The Balaban J connectivity index is 1.68. The molecule has 0 N–H and O–H groups in total. The number of thiazole rings is 1. The molecule has 0 saturated carbocycles. The van der Waals surface area contributed by atoms with Crippen molar-refractivity contribution in [3.8, 4) is 21.3 Å². The van der Waals surface area contributed by atoms with Gasteiger partial charge in [0, 0.05) is 24.2 Å². The Labute approximate surface area is 155 Å². The number of hydrogen-bond acceptors (Lipinski definition) is 8. The van der Waals surface area contributed by atoms with Crippen molar-refractivity contribution >= 4 is 17.0 Å². The molecular formula is C18H18N6OS. The summed E-state index contributed by atoms with van der Waals surface area (Å²) in [5, 5.41) is 13.8. The molecule has 0 fully saturated rings. The van der Waals surface area contributed by atoms with Crippen LogP contribution >= 0.6 is 11.3 Å². The molecule has 3 aromatic rings. The van der Waals surface area contributed by atoms with E-state index in [4.69, 9.17) is 9.82 Å². The first-order chi connectivity index (χ1) is 12.7. The van der Waals surface area contributed by atoms with Crippen LogP contribution in [-0.2, 0) is 11.3 Å². The minimum absolute atomic E-state index is 0.0330. The van der Waals surface area contributed by atoms with Gasteiger partial charge in [-0.2, -0.15) is 5.10 Å². The molecule has 3 aromatic heterocycles. The number of aryl methyl sites for hydroxylation is 1. The maximum atomic E-state index is 5.43. The molecule has 0 radical (unpaired) electrons. The van der Waals surface area contributed by atoms with Crippen molar-refractivity contribution in [1.82, 2.24) is 25.1 Å².